The van der Waals surface area contributed by atoms with Crippen LogP contribution in [0.15, 0.2) is 24.3 Å². The summed E-state index contributed by atoms with van der Waals surface area (Å²) >= 11 is 0. The molecule has 0 unspecified atom stereocenters. The molecule has 0 aliphatic carbocycles. The van der Waals surface area contributed by atoms with Crippen LogP contribution in [0.1, 0.15) is 5.56 Å². The number of benzene rings is 1. The second kappa shape index (κ2) is 3.88. The maximum absolute atomic E-state index is 10.8. The molecule has 0 fully saturated rings. The molecule has 3 heteroatoms. The van der Waals surface area contributed by atoms with Crippen molar-refractivity contribution in [3.05, 3.63) is 29.8 Å². The molecule has 0 spiro atoms. The smallest absolute Gasteiger partial charge is 0.250 e. The fourth-order valence-corrected chi connectivity index (χ4v) is 0.903. The molecular weight excluding hydrogens is 154 g/mol. The number of aliphatic hydroxyl groups is 1. The minimum absolute atomic E-state index is 0.385. The van der Waals surface area contributed by atoms with Crippen molar-refractivity contribution < 1.29 is 9.90 Å². The number of amides is 1. The van der Waals surface area contributed by atoms with Crippen LogP contribution in [-0.4, -0.2) is 17.6 Å². The number of carbonyl (C=O) groups excluding carboxylic acids is 1. The highest BCUT2D eigenvalue weighted by molar-refractivity contribution is 5.92. The fourth-order valence-electron chi connectivity index (χ4n) is 0.903. The summed E-state index contributed by atoms with van der Waals surface area (Å²) < 4.78 is 0. The Hall–Kier alpha value is -1.35. The number of rotatable bonds is 2. The zero-order valence-electron chi connectivity index (χ0n) is 6.87. The molecule has 64 valence electrons. The minimum Gasteiger partial charge on any atom is -0.387 e. The Morgan fingerprint density at radius 1 is 1.50 bits per heavy atom. The fraction of sp³-hybridized carbons (Fsp3) is 0.222. The molecule has 1 rings (SSSR count). The van der Waals surface area contributed by atoms with Gasteiger partial charge in [-0.05, 0) is 18.6 Å². The van der Waals surface area contributed by atoms with E-state index in [1.54, 1.807) is 6.07 Å². The van der Waals surface area contributed by atoms with Crippen LogP contribution in [0.2, 0.25) is 0 Å². The molecule has 0 saturated carbocycles. The van der Waals surface area contributed by atoms with Gasteiger partial charge < -0.3 is 10.4 Å². The van der Waals surface area contributed by atoms with Crippen molar-refractivity contribution >= 4 is 11.6 Å². The highest BCUT2D eigenvalue weighted by Gasteiger charge is 2.00. The molecule has 0 bridgehead atoms. The Kier molecular flexibility index (Phi) is 2.82. The van der Waals surface area contributed by atoms with E-state index in [1.165, 1.54) is 0 Å². The van der Waals surface area contributed by atoms with Crippen LogP contribution >= 0.6 is 0 Å². The lowest BCUT2D eigenvalue weighted by Crippen LogP contribution is -2.15. The number of hydrogen-bond acceptors (Lipinski definition) is 2. The number of nitrogens with one attached hydrogen (secondary N) is 1. The Morgan fingerprint density at radius 3 is 2.75 bits per heavy atom. The third-order valence-corrected chi connectivity index (χ3v) is 1.56. The van der Waals surface area contributed by atoms with E-state index in [2.05, 4.69) is 5.32 Å². The standard InChI is InChI=1S/C9H11NO2/c1-7-4-2-3-5-8(7)10-9(12)6-11/h2-5,11H,6H2,1H3,(H,10,12). The van der Waals surface area contributed by atoms with E-state index in [9.17, 15) is 4.79 Å². The number of aliphatic hydroxyl groups excluding tert-OH is 1. The minimum atomic E-state index is -0.478. The average Bonchev–Trinajstić information content (AvgIpc) is 2.09. The molecule has 1 amide bonds. The van der Waals surface area contributed by atoms with Crippen LogP contribution in [0.4, 0.5) is 5.69 Å². The van der Waals surface area contributed by atoms with Gasteiger partial charge in [-0.15, -0.1) is 0 Å². The first-order valence-electron chi connectivity index (χ1n) is 3.70. The lowest BCUT2D eigenvalue weighted by molar-refractivity contribution is -0.118. The molecule has 2 N–H and O–H groups in total. The molecule has 0 aliphatic rings. The van der Waals surface area contributed by atoms with Gasteiger partial charge in [0.15, 0.2) is 0 Å². The van der Waals surface area contributed by atoms with Gasteiger partial charge in [0.05, 0.1) is 0 Å². The summed E-state index contributed by atoms with van der Waals surface area (Å²) in [4.78, 5) is 10.8. The number of hydrogen-bond donors (Lipinski definition) is 2. The van der Waals surface area contributed by atoms with Crippen LogP contribution in [0, 0.1) is 6.92 Å². The summed E-state index contributed by atoms with van der Waals surface area (Å²) in [5.41, 5.74) is 1.73. The maximum Gasteiger partial charge on any atom is 0.250 e. The third kappa shape index (κ3) is 2.07. The van der Waals surface area contributed by atoms with E-state index in [0.717, 1.165) is 11.3 Å². The third-order valence-electron chi connectivity index (χ3n) is 1.56. The molecule has 0 aromatic heterocycles. The summed E-state index contributed by atoms with van der Waals surface area (Å²) in [6.07, 6.45) is 0. The van der Waals surface area contributed by atoms with Crippen molar-refractivity contribution in [2.45, 2.75) is 6.92 Å². The largest absolute Gasteiger partial charge is 0.387 e. The molecule has 1 aromatic rings. The molecule has 0 atom stereocenters. The summed E-state index contributed by atoms with van der Waals surface area (Å²) in [5.74, 6) is -0.385. The van der Waals surface area contributed by atoms with Crippen LogP contribution in [-0.2, 0) is 4.79 Å². The number of para-hydroxylation sites is 1. The molecule has 3 nitrogen and oxygen atoms in total. The van der Waals surface area contributed by atoms with Gasteiger partial charge in [0, 0.05) is 5.69 Å². The van der Waals surface area contributed by atoms with Gasteiger partial charge in [0.25, 0.3) is 0 Å². The highest BCUT2D eigenvalue weighted by Crippen LogP contribution is 2.12. The van der Waals surface area contributed by atoms with Crippen LogP contribution in [0.5, 0.6) is 0 Å². The average molecular weight is 165 g/mol. The summed E-state index contributed by atoms with van der Waals surface area (Å²) in [7, 11) is 0. The second-order valence-corrected chi connectivity index (χ2v) is 2.52. The molecular formula is C9H11NO2. The van der Waals surface area contributed by atoms with Crippen molar-refractivity contribution in [3.8, 4) is 0 Å². The molecule has 0 saturated heterocycles. The van der Waals surface area contributed by atoms with Gasteiger partial charge in [-0.2, -0.15) is 0 Å². The first kappa shape index (κ1) is 8.74. The van der Waals surface area contributed by atoms with Gasteiger partial charge in [-0.25, -0.2) is 0 Å². The molecule has 0 heterocycles. The zero-order chi connectivity index (χ0) is 8.97. The van der Waals surface area contributed by atoms with E-state index in [-0.39, 0.29) is 5.91 Å². The van der Waals surface area contributed by atoms with Crippen LogP contribution < -0.4 is 5.32 Å². The Morgan fingerprint density at radius 2 is 2.17 bits per heavy atom. The van der Waals surface area contributed by atoms with E-state index in [4.69, 9.17) is 5.11 Å². The Bertz CT molecular complexity index is 284. The zero-order valence-corrected chi connectivity index (χ0v) is 6.87. The van der Waals surface area contributed by atoms with E-state index < -0.39 is 6.61 Å². The van der Waals surface area contributed by atoms with Gasteiger partial charge in [-0.1, -0.05) is 18.2 Å². The van der Waals surface area contributed by atoms with E-state index in [1.807, 2.05) is 25.1 Å². The van der Waals surface area contributed by atoms with Gasteiger partial charge >= 0.3 is 0 Å². The lowest BCUT2D eigenvalue weighted by Gasteiger charge is -2.05. The van der Waals surface area contributed by atoms with Crippen molar-refractivity contribution in [1.29, 1.82) is 0 Å². The Balaban J connectivity index is 2.75. The predicted octanol–water partition coefficient (Wildman–Crippen LogP) is 0.926. The first-order valence-corrected chi connectivity index (χ1v) is 3.70. The number of anilines is 1. The highest BCUT2D eigenvalue weighted by atomic mass is 16.3. The maximum atomic E-state index is 10.8. The number of carbonyl (C=O) groups is 1. The SMILES string of the molecule is Cc1ccccc1NC(=O)CO. The molecule has 0 radical (unpaired) electrons. The second-order valence-electron chi connectivity index (χ2n) is 2.52. The van der Waals surface area contributed by atoms with Gasteiger partial charge in [-0.3, -0.25) is 4.79 Å². The van der Waals surface area contributed by atoms with E-state index >= 15 is 0 Å². The van der Waals surface area contributed by atoms with Gasteiger partial charge in [0.2, 0.25) is 5.91 Å². The van der Waals surface area contributed by atoms with Crippen LogP contribution in [0.25, 0.3) is 0 Å². The van der Waals surface area contributed by atoms with Crippen molar-refractivity contribution in [1.82, 2.24) is 0 Å². The normalized spacial score (nSPS) is 9.50. The predicted molar refractivity (Wildman–Crippen MR) is 46.9 cm³/mol. The van der Waals surface area contributed by atoms with Crippen molar-refractivity contribution in [2.24, 2.45) is 0 Å². The molecule has 12 heavy (non-hydrogen) atoms. The quantitative estimate of drug-likeness (QED) is 0.684. The molecule has 1 aromatic carbocycles. The van der Waals surface area contributed by atoms with E-state index in [0.29, 0.717) is 0 Å². The van der Waals surface area contributed by atoms with Crippen molar-refractivity contribution in [2.75, 3.05) is 11.9 Å². The first-order chi connectivity index (χ1) is 5.74. The topological polar surface area (TPSA) is 49.3 Å². The lowest BCUT2D eigenvalue weighted by atomic mass is 10.2. The summed E-state index contributed by atoms with van der Waals surface area (Å²) in [6, 6.07) is 7.42. The molecule has 0 aliphatic heterocycles. The summed E-state index contributed by atoms with van der Waals surface area (Å²) in [6.45, 7) is 1.42. The monoisotopic (exact) mass is 165 g/mol. The van der Waals surface area contributed by atoms with Gasteiger partial charge in [0.1, 0.15) is 6.61 Å². The summed E-state index contributed by atoms with van der Waals surface area (Å²) in [5, 5.41) is 11.0. The van der Waals surface area contributed by atoms with Crippen LogP contribution in [0.3, 0.4) is 0 Å². The number of aryl methyl sites for hydroxylation is 1. The van der Waals surface area contributed by atoms with Crippen molar-refractivity contribution in [3.63, 3.8) is 0 Å². The Labute approximate surface area is 71.0 Å².